The quantitative estimate of drug-likeness (QED) is 0.797. The number of piperidine rings is 1. The van der Waals surface area contributed by atoms with Crippen LogP contribution >= 0.6 is 0 Å². The van der Waals surface area contributed by atoms with Gasteiger partial charge in [0.15, 0.2) is 5.69 Å². The van der Waals surface area contributed by atoms with Crippen LogP contribution in [-0.2, 0) is 0 Å². The third kappa shape index (κ3) is 5.08. The molecule has 0 spiro atoms. The number of hydrogen-bond donors (Lipinski definition) is 2. The highest BCUT2D eigenvalue weighted by Crippen LogP contribution is 2.19. The van der Waals surface area contributed by atoms with Crippen LogP contribution in [0.1, 0.15) is 49.6 Å². The number of carbonyl (C=O) groups excluding carboxylic acids is 1. The second kappa shape index (κ2) is 8.85. The molecule has 1 amide bonds. The van der Waals surface area contributed by atoms with E-state index in [1.807, 2.05) is 35.1 Å². The molecule has 1 aliphatic heterocycles. The minimum absolute atomic E-state index is 0.202. The Hall–Kier alpha value is -2.34. The highest BCUT2D eigenvalue weighted by atomic mass is 16.5. The van der Waals surface area contributed by atoms with Crippen LogP contribution < -0.4 is 15.4 Å². The third-order valence-electron chi connectivity index (χ3n) is 4.54. The minimum atomic E-state index is -0.202. The summed E-state index contributed by atoms with van der Waals surface area (Å²) in [6.07, 6.45) is 5.11. The molecule has 0 bridgehead atoms. The second-order valence-corrected chi connectivity index (χ2v) is 7.19. The van der Waals surface area contributed by atoms with Crippen molar-refractivity contribution < 1.29 is 9.53 Å². The van der Waals surface area contributed by atoms with Crippen molar-refractivity contribution >= 4 is 11.6 Å². The Kier molecular flexibility index (Phi) is 6.28. The molecular formula is C20H28N4O2. The number of nitrogens with zero attached hydrogens (tertiary/aromatic N) is 2. The average Bonchev–Trinajstić information content (AvgIpc) is 3.13. The first-order valence-electron chi connectivity index (χ1n) is 9.42. The maximum absolute atomic E-state index is 12.5. The molecule has 6 heteroatoms. The van der Waals surface area contributed by atoms with Crippen LogP contribution in [-0.4, -0.2) is 35.4 Å². The average molecular weight is 356 g/mol. The maximum atomic E-state index is 12.5. The number of nitrogens with one attached hydrogen (secondary N) is 2. The summed E-state index contributed by atoms with van der Waals surface area (Å²) < 4.78 is 7.65. The Labute approximate surface area is 154 Å². The van der Waals surface area contributed by atoms with Crippen molar-refractivity contribution in [2.75, 3.05) is 25.0 Å². The van der Waals surface area contributed by atoms with Crippen molar-refractivity contribution in [2.24, 2.45) is 5.92 Å². The number of anilines is 1. The van der Waals surface area contributed by atoms with E-state index >= 15 is 0 Å². The molecule has 26 heavy (non-hydrogen) atoms. The molecule has 0 aliphatic carbocycles. The standard InChI is InChI=1S/C20H28N4O2/c1-15(2)9-12-26-18-7-3-5-16(13-18)22-20(25)19-8-11-24(23-19)17-6-4-10-21-14-17/h3,5,7-8,11,13,15,17,21H,4,6,9-10,12,14H2,1-2H3,(H,22,25). The van der Waals surface area contributed by atoms with Gasteiger partial charge in [-0.05, 0) is 49.9 Å². The van der Waals surface area contributed by atoms with Crippen molar-refractivity contribution in [3.05, 3.63) is 42.2 Å². The molecule has 3 rings (SSSR count). The Morgan fingerprint density at radius 1 is 1.42 bits per heavy atom. The van der Waals surface area contributed by atoms with Gasteiger partial charge >= 0.3 is 0 Å². The van der Waals surface area contributed by atoms with Gasteiger partial charge in [0.2, 0.25) is 0 Å². The summed E-state index contributed by atoms with van der Waals surface area (Å²) in [5, 5.41) is 10.7. The van der Waals surface area contributed by atoms with Gasteiger partial charge < -0.3 is 15.4 Å². The van der Waals surface area contributed by atoms with Crippen LogP contribution in [0.15, 0.2) is 36.5 Å². The maximum Gasteiger partial charge on any atom is 0.276 e. The first-order valence-corrected chi connectivity index (χ1v) is 9.42. The number of carbonyl (C=O) groups is 1. The summed E-state index contributed by atoms with van der Waals surface area (Å²) in [4.78, 5) is 12.5. The zero-order chi connectivity index (χ0) is 18.4. The molecule has 1 unspecified atom stereocenters. The van der Waals surface area contributed by atoms with E-state index < -0.39 is 0 Å². The molecule has 140 valence electrons. The van der Waals surface area contributed by atoms with E-state index in [4.69, 9.17) is 4.74 Å². The predicted octanol–water partition coefficient (Wildman–Crippen LogP) is 3.48. The Morgan fingerprint density at radius 3 is 3.08 bits per heavy atom. The normalized spacial score (nSPS) is 17.3. The van der Waals surface area contributed by atoms with Gasteiger partial charge in [0, 0.05) is 24.5 Å². The van der Waals surface area contributed by atoms with E-state index in [-0.39, 0.29) is 5.91 Å². The van der Waals surface area contributed by atoms with E-state index in [0.29, 0.717) is 29.9 Å². The van der Waals surface area contributed by atoms with Crippen LogP contribution in [0.4, 0.5) is 5.69 Å². The first kappa shape index (κ1) is 18.5. The Morgan fingerprint density at radius 2 is 2.31 bits per heavy atom. The monoisotopic (exact) mass is 356 g/mol. The van der Waals surface area contributed by atoms with E-state index in [0.717, 1.165) is 38.1 Å². The van der Waals surface area contributed by atoms with Gasteiger partial charge in [-0.25, -0.2) is 0 Å². The van der Waals surface area contributed by atoms with E-state index in [2.05, 4.69) is 29.6 Å². The summed E-state index contributed by atoms with van der Waals surface area (Å²) in [6, 6.07) is 9.58. The molecule has 2 aromatic rings. The first-order chi connectivity index (χ1) is 12.6. The molecule has 6 nitrogen and oxygen atoms in total. The van der Waals surface area contributed by atoms with Gasteiger partial charge in [-0.1, -0.05) is 19.9 Å². The highest BCUT2D eigenvalue weighted by molar-refractivity contribution is 6.02. The predicted molar refractivity (Wildman–Crippen MR) is 103 cm³/mol. The molecule has 0 saturated carbocycles. The van der Waals surface area contributed by atoms with Crippen molar-refractivity contribution in [3.8, 4) is 5.75 Å². The van der Waals surface area contributed by atoms with Crippen LogP contribution in [0.2, 0.25) is 0 Å². The highest BCUT2D eigenvalue weighted by Gasteiger charge is 2.17. The number of ether oxygens (including phenoxy) is 1. The lowest BCUT2D eigenvalue weighted by Gasteiger charge is -2.22. The van der Waals surface area contributed by atoms with Crippen molar-refractivity contribution in [3.63, 3.8) is 0 Å². The topological polar surface area (TPSA) is 68.2 Å². The Balaban J connectivity index is 1.58. The summed E-state index contributed by atoms with van der Waals surface area (Å²) >= 11 is 0. The molecule has 1 saturated heterocycles. The lowest BCUT2D eigenvalue weighted by molar-refractivity contribution is 0.102. The van der Waals surface area contributed by atoms with Crippen LogP contribution in [0.25, 0.3) is 0 Å². The van der Waals surface area contributed by atoms with E-state index in [1.165, 1.54) is 0 Å². The molecule has 1 atom stereocenters. The van der Waals surface area contributed by atoms with Crippen molar-refractivity contribution in [2.45, 2.75) is 39.2 Å². The number of aromatic nitrogens is 2. The van der Waals surface area contributed by atoms with Gasteiger partial charge in [0.25, 0.3) is 5.91 Å². The lowest BCUT2D eigenvalue weighted by Crippen LogP contribution is -2.32. The molecule has 1 aromatic heterocycles. The molecule has 2 heterocycles. The fourth-order valence-corrected chi connectivity index (χ4v) is 2.99. The molecule has 1 aliphatic rings. The summed E-state index contributed by atoms with van der Waals surface area (Å²) in [6.45, 7) is 6.97. The zero-order valence-electron chi connectivity index (χ0n) is 15.6. The summed E-state index contributed by atoms with van der Waals surface area (Å²) in [5.41, 5.74) is 1.15. The van der Waals surface area contributed by atoms with Crippen molar-refractivity contribution in [1.82, 2.24) is 15.1 Å². The fraction of sp³-hybridized carbons (Fsp3) is 0.500. The SMILES string of the molecule is CC(C)CCOc1cccc(NC(=O)c2ccn(C3CCCNC3)n2)c1. The fourth-order valence-electron chi connectivity index (χ4n) is 2.99. The number of amides is 1. The van der Waals surface area contributed by atoms with Crippen LogP contribution in [0, 0.1) is 5.92 Å². The summed E-state index contributed by atoms with van der Waals surface area (Å²) in [7, 11) is 0. The smallest absolute Gasteiger partial charge is 0.276 e. The van der Waals surface area contributed by atoms with E-state index in [1.54, 1.807) is 6.07 Å². The number of benzene rings is 1. The molecule has 1 fully saturated rings. The molecule has 0 radical (unpaired) electrons. The number of hydrogen-bond acceptors (Lipinski definition) is 4. The molecule has 2 N–H and O–H groups in total. The summed E-state index contributed by atoms with van der Waals surface area (Å²) in [5.74, 6) is 1.17. The van der Waals surface area contributed by atoms with Gasteiger partial charge in [0.05, 0.1) is 12.6 Å². The largest absolute Gasteiger partial charge is 0.494 e. The van der Waals surface area contributed by atoms with Gasteiger partial charge in [0.1, 0.15) is 5.75 Å². The van der Waals surface area contributed by atoms with Gasteiger partial charge in [-0.15, -0.1) is 0 Å². The number of rotatable bonds is 7. The molecular weight excluding hydrogens is 328 g/mol. The molecule has 1 aromatic carbocycles. The van der Waals surface area contributed by atoms with Gasteiger partial charge in [-0.3, -0.25) is 9.48 Å². The van der Waals surface area contributed by atoms with E-state index in [9.17, 15) is 4.79 Å². The third-order valence-corrected chi connectivity index (χ3v) is 4.54. The Bertz CT molecular complexity index is 720. The van der Waals surface area contributed by atoms with Crippen LogP contribution in [0.5, 0.6) is 5.75 Å². The lowest BCUT2D eigenvalue weighted by atomic mass is 10.1. The zero-order valence-corrected chi connectivity index (χ0v) is 15.6. The van der Waals surface area contributed by atoms with Crippen LogP contribution in [0.3, 0.4) is 0 Å². The minimum Gasteiger partial charge on any atom is -0.494 e. The van der Waals surface area contributed by atoms with Gasteiger partial charge in [-0.2, -0.15) is 5.10 Å². The van der Waals surface area contributed by atoms with Crippen molar-refractivity contribution in [1.29, 1.82) is 0 Å². The second-order valence-electron chi connectivity index (χ2n) is 7.19.